The van der Waals surface area contributed by atoms with Crippen molar-refractivity contribution in [1.82, 2.24) is 5.32 Å². The summed E-state index contributed by atoms with van der Waals surface area (Å²) in [4.78, 5) is 11.1. The summed E-state index contributed by atoms with van der Waals surface area (Å²) in [5, 5.41) is 2.42. The first kappa shape index (κ1) is 7.05. The Morgan fingerprint density at radius 3 is 2.67 bits per heavy atom. The van der Waals surface area contributed by atoms with E-state index >= 15 is 0 Å². The molecule has 0 aliphatic carbocycles. The second-order valence-electron chi connectivity index (χ2n) is 1.32. The Labute approximate surface area is 66.6 Å². The number of amides is 1. The molecule has 0 saturated carbocycles. The molecule has 0 radical (unpaired) electrons. The molecule has 0 unspecified atom stereocenters. The summed E-state index contributed by atoms with van der Waals surface area (Å²) in [6.07, 6.45) is 0. The molecule has 48 valence electrons. The van der Waals surface area contributed by atoms with Gasteiger partial charge in [-0.2, -0.15) is 0 Å². The van der Waals surface area contributed by atoms with Crippen molar-refractivity contribution in [2.24, 2.45) is 0 Å². The lowest BCUT2D eigenvalue weighted by molar-refractivity contribution is -0.115. The van der Waals surface area contributed by atoms with Gasteiger partial charge in [-0.05, 0) is 0 Å². The molecular weight excluding hydrogens is 178 g/mol. The monoisotopic (exact) mass is 179 g/mol. The summed E-state index contributed by atoms with van der Waals surface area (Å²) in [5.41, 5.74) is 1.22. The molecule has 0 aromatic carbocycles. The maximum absolute atomic E-state index is 10.6. The summed E-state index contributed by atoms with van der Waals surface area (Å²) in [7, 11) is 0. The highest BCUT2D eigenvalue weighted by Crippen LogP contribution is 2.23. The van der Waals surface area contributed by atoms with Crippen LogP contribution in [0.3, 0.4) is 0 Å². The van der Waals surface area contributed by atoms with E-state index in [1.807, 2.05) is 0 Å². The van der Waals surface area contributed by atoms with Gasteiger partial charge in [-0.1, -0.05) is 35.6 Å². The molecule has 1 fully saturated rings. The van der Waals surface area contributed by atoms with Crippen LogP contribution in [0.5, 0.6) is 0 Å². The maximum Gasteiger partial charge on any atom is 0.264 e. The van der Waals surface area contributed by atoms with Crippen LogP contribution in [0.1, 0.15) is 0 Å². The van der Waals surface area contributed by atoms with Crippen LogP contribution in [0.15, 0.2) is 10.4 Å². The molecule has 0 aromatic heterocycles. The minimum absolute atomic E-state index is 0.208. The number of thioether (sulfide) groups is 1. The minimum atomic E-state index is -0.208. The van der Waals surface area contributed by atoms with E-state index in [1.54, 1.807) is 0 Å². The molecule has 1 amide bonds. The van der Waals surface area contributed by atoms with E-state index in [0.717, 1.165) is 0 Å². The third-order valence-corrected chi connectivity index (χ3v) is 2.25. The van der Waals surface area contributed by atoms with Gasteiger partial charge in [0.1, 0.15) is 4.32 Å². The Hall–Kier alpha value is -0.0600. The lowest BCUT2D eigenvalue weighted by Gasteiger charge is -1.82. The van der Waals surface area contributed by atoms with Crippen molar-refractivity contribution in [2.75, 3.05) is 0 Å². The average Bonchev–Trinajstić information content (AvgIpc) is 2.10. The van der Waals surface area contributed by atoms with Gasteiger partial charge in [-0.3, -0.25) is 4.79 Å². The first-order valence-electron chi connectivity index (χ1n) is 2.07. The topological polar surface area (TPSA) is 29.1 Å². The van der Waals surface area contributed by atoms with Crippen LogP contribution in [-0.4, -0.2) is 10.2 Å². The van der Waals surface area contributed by atoms with Crippen molar-refractivity contribution in [2.45, 2.75) is 0 Å². The number of halogens is 1. The fourth-order valence-corrected chi connectivity index (χ4v) is 1.52. The molecule has 0 aromatic rings. The smallest absolute Gasteiger partial charge is 0.264 e. The third kappa shape index (κ3) is 1.44. The Kier molecular flexibility index (Phi) is 2.10. The number of thiocarbonyl (C=S) groups is 1. The number of nitrogens with one attached hydrogen (secondary N) is 1. The van der Waals surface area contributed by atoms with Gasteiger partial charge < -0.3 is 5.32 Å². The van der Waals surface area contributed by atoms with E-state index in [0.29, 0.717) is 9.23 Å². The molecule has 1 aliphatic rings. The quantitative estimate of drug-likeness (QED) is 0.448. The predicted octanol–water partition coefficient (Wildman–Crippen LogP) is 1.21. The van der Waals surface area contributed by atoms with Gasteiger partial charge in [0.2, 0.25) is 0 Å². The van der Waals surface area contributed by atoms with Crippen LogP contribution in [0, 0.1) is 0 Å². The first-order chi connectivity index (χ1) is 4.24. The summed E-state index contributed by atoms with van der Waals surface area (Å²) in [5.74, 6) is -0.208. The largest absolute Gasteiger partial charge is 0.307 e. The highest BCUT2D eigenvalue weighted by atomic mass is 35.5. The van der Waals surface area contributed by atoms with E-state index in [9.17, 15) is 4.79 Å². The van der Waals surface area contributed by atoms with Gasteiger partial charge in [0.25, 0.3) is 5.91 Å². The van der Waals surface area contributed by atoms with E-state index < -0.39 is 0 Å². The molecule has 0 bridgehead atoms. The maximum atomic E-state index is 10.6. The molecule has 1 rings (SSSR count). The molecule has 0 atom stereocenters. The average molecular weight is 180 g/mol. The zero-order chi connectivity index (χ0) is 6.85. The Balaban J connectivity index is 2.81. The SMILES string of the molecule is O=C1NC(=S)S/C1=C/Cl. The second kappa shape index (κ2) is 2.68. The van der Waals surface area contributed by atoms with E-state index in [1.165, 1.54) is 17.3 Å². The van der Waals surface area contributed by atoms with Gasteiger partial charge >= 0.3 is 0 Å². The van der Waals surface area contributed by atoms with Crippen LogP contribution in [0.4, 0.5) is 0 Å². The summed E-state index contributed by atoms with van der Waals surface area (Å²) >= 11 is 11.1. The fourth-order valence-electron chi connectivity index (χ4n) is 0.398. The lowest BCUT2D eigenvalue weighted by Crippen LogP contribution is -2.17. The van der Waals surface area contributed by atoms with Crippen molar-refractivity contribution in [3.63, 3.8) is 0 Å². The zero-order valence-corrected chi connectivity index (χ0v) is 6.57. The number of carbonyl (C=O) groups excluding carboxylic acids is 1. The zero-order valence-electron chi connectivity index (χ0n) is 4.18. The predicted molar refractivity (Wildman–Crippen MR) is 42.3 cm³/mol. The van der Waals surface area contributed by atoms with Gasteiger partial charge in [-0.15, -0.1) is 0 Å². The van der Waals surface area contributed by atoms with E-state index in [-0.39, 0.29) is 5.91 Å². The molecule has 1 heterocycles. The Morgan fingerprint density at radius 2 is 2.44 bits per heavy atom. The van der Waals surface area contributed by atoms with Crippen molar-refractivity contribution in [3.8, 4) is 0 Å². The molecule has 1 N–H and O–H groups in total. The van der Waals surface area contributed by atoms with Crippen LogP contribution < -0.4 is 5.32 Å². The minimum Gasteiger partial charge on any atom is -0.307 e. The molecule has 0 spiro atoms. The van der Waals surface area contributed by atoms with Crippen molar-refractivity contribution >= 4 is 45.8 Å². The van der Waals surface area contributed by atoms with Crippen LogP contribution in [0.25, 0.3) is 0 Å². The number of hydrogen-bond donors (Lipinski definition) is 1. The summed E-state index contributed by atoms with van der Waals surface area (Å²) in [6, 6.07) is 0. The standard InChI is InChI=1S/C4H2ClNOS2/c5-1-2-3(7)6-4(8)9-2/h1H,(H,6,7,8)/b2-1+. The van der Waals surface area contributed by atoms with Gasteiger partial charge in [0.05, 0.1) is 4.91 Å². The molecular formula is C4H2ClNOS2. The number of hydrogen-bond acceptors (Lipinski definition) is 3. The van der Waals surface area contributed by atoms with Crippen molar-refractivity contribution < 1.29 is 4.79 Å². The first-order valence-corrected chi connectivity index (χ1v) is 3.73. The molecule has 5 heteroatoms. The normalized spacial score (nSPS) is 23.0. The van der Waals surface area contributed by atoms with Crippen LogP contribution in [0.2, 0.25) is 0 Å². The molecule has 1 aliphatic heterocycles. The molecule has 2 nitrogen and oxygen atoms in total. The summed E-state index contributed by atoms with van der Waals surface area (Å²) < 4.78 is 0.465. The Bertz CT molecular complexity index is 201. The van der Waals surface area contributed by atoms with E-state index in [2.05, 4.69) is 17.5 Å². The molecule has 9 heavy (non-hydrogen) atoms. The summed E-state index contributed by atoms with van der Waals surface area (Å²) in [6.45, 7) is 0. The Morgan fingerprint density at radius 1 is 1.78 bits per heavy atom. The fraction of sp³-hybridized carbons (Fsp3) is 0. The van der Waals surface area contributed by atoms with Gasteiger partial charge in [0.15, 0.2) is 0 Å². The van der Waals surface area contributed by atoms with Crippen molar-refractivity contribution in [3.05, 3.63) is 10.4 Å². The lowest BCUT2D eigenvalue weighted by atomic mass is 10.6. The highest BCUT2D eigenvalue weighted by molar-refractivity contribution is 8.26. The van der Waals surface area contributed by atoms with Crippen LogP contribution >= 0.6 is 35.6 Å². The molecule has 1 saturated heterocycles. The number of carbonyl (C=O) groups is 1. The highest BCUT2D eigenvalue weighted by Gasteiger charge is 2.21. The van der Waals surface area contributed by atoms with E-state index in [4.69, 9.17) is 11.6 Å². The van der Waals surface area contributed by atoms with Gasteiger partial charge in [-0.25, -0.2) is 0 Å². The van der Waals surface area contributed by atoms with Crippen molar-refractivity contribution in [1.29, 1.82) is 0 Å². The number of rotatable bonds is 0. The van der Waals surface area contributed by atoms with Crippen LogP contribution in [-0.2, 0) is 4.79 Å². The second-order valence-corrected chi connectivity index (χ2v) is 3.25. The third-order valence-electron chi connectivity index (χ3n) is 0.741. The van der Waals surface area contributed by atoms with Gasteiger partial charge in [0, 0.05) is 5.54 Å².